The smallest absolute Gasteiger partial charge is 0.239 e. The zero-order chi connectivity index (χ0) is 13.8. The monoisotopic (exact) mass is 263 g/mol. The first-order valence-corrected chi connectivity index (χ1v) is 6.51. The summed E-state index contributed by atoms with van der Waals surface area (Å²) in [5, 5.41) is 2.83. The molecule has 0 saturated heterocycles. The van der Waals surface area contributed by atoms with Gasteiger partial charge >= 0.3 is 0 Å². The molecule has 0 aromatic heterocycles. The first-order chi connectivity index (χ1) is 9.11. The molecule has 0 fully saturated rings. The number of carbonyl (C=O) groups is 1. The Hall–Kier alpha value is -1.75. The fourth-order valence-electron chi connectivity index (χ4n) is 2.33. The number of aryl methyl sites for hydroxylation is 1. The van der Waals surface area contributed by atoms with E-state index in [9.17, 15) is 4.79 Å². The minimum atomic E-state index is 0.0176. The predicted octanol–water partition coefficient (Wildman–Crippen LogP) is 0.702. The summed E-state index contributed by atoms with van der Waals surface area (Å²) < 4.78 is 4.90. The number of anilines is 2. The minimum Gasteiger partial charge on any atom is -0.398 e. The van der Waals surface area contributed by atoms with E-state index in [1.54, 1.807) is 7.11 Å². The van der Waals surface area contributed by atoms with Gasteiger partial charge in [-0.2, -0.15) is 0 Å². The van der Waals surface area contributed by atoms with E-state index in [0.717, 1.165) is 29.9 Å². The van der Waals surface area contributed by atoms with Crippen molar-refractivity contribution in [2.75, 3.05) is 44.0 Å². The Morgan fingerprint density at radius 1 is 1.53 bits per heavy atom. The SMILES string of the molecule is COCCNC(=O)CN1CCc2cc(C)c(N)cc21. The van der Waals surface area contributed by atoms with E-state index >= 15 is 0 Å². The molecule has 3 N–H and O–H groups in total. The van der Waals surface area contributed by atoms with Gasteiger partial charge in [0.2, 0.25) is 5.91 Å². The highest BCUT2D eigenvalue weighted by Gasteiger charge is 2.21. The molecule has 0 saturated carbocycles. The van der Waals surface area contributed by atoms with Crippen LogP contribution in [0, 0.1) is 6.92 Å². The van der Waals surface area contributed by atoms with E-state index in [0.29, 0.717) is 19.7 Å². The molecule has 1 aliphatic rings. The molecule has 2 rings (SSSR count). The summed E-state index contributed by atoms with van der Waals surface area (Å²) >= 11 is 0. The predicted molar refractivity (Wildman–Crippen MR) is 76.4 cm³/mol. The highest BCUT2D eigenvalue weighted by atomic mass is 16.5. The lowest BCUT2D eigenvalue weighted by atomic mass is 10.1. The molecule has 5 heteroatoms. The van der Waals surface area contributed by atoms with Crippen molar-refractivity contribution >= 4 is 17.3 Å². The second kappa shape index (κ2) is 5.93. The van der Waals surface area contributed by atoms with Gasteiger partial charge in [0.15, 0.2) is 0 Å². The number of rotatable bonds is 5. The number of ether oxygens (including phenoxy) is 1. The molecule has 1 aromatic rings. The molecule has 19 heavy (non-hydrogen) atoms. The maximum absolute atomic E-state index is 11.8. The summed E-state index contributed by atoms with van der Waals surface area (Å²) in [5.74, 6) is 0.0176. The van der Waals surface area contributed by atoms with E-state index < -0.39 is 0 Å². The first-order valence-electron chi connectivity index (χ1n) is 6.51. The fourth-order valence-corrected chi connectivity index (χ4v) is 2.33. The zero-order valence-corrected chi connectivity index (χ0v) is 11.5. The molecule has 0 unspecified atom stereocenters. The number of nitrogens with zero attached hydrogens (tertiary/aromatic N) is 1. The van der Waals surface area contributed by atoms with Gasteiger partial charge in [0.25, 0.3) is 0 Å². The Balaban J connectivity index is 1.98. The highest BCUT2D eigenvalue weighted by molar-refractivity contribution is 5.83. The van der Waals surface area contributed by atoms with E-state index in [1.165, 1.54) is 5.56 Å². The lowest BCUT2D eigenvalue weighted by molar-refractivity contribution is -0.119. The number of hydrogen-bond acceptors (Lipinski definition) is 4. The molecule has 0 bridgehead atoms. The van der Waals surface area contributed by atoms with Gasteiger partial charge in [0.1, 0.15) is 0 Å². The average molecular weight is 263 g/mol. The van der Waals surface area contributed by atoms with Gasteiger partial charge in [-0.15, -0.1) is 0 Å². The van der Waals surface area contributed by atoms with Crippen molar-refractivity contribution in [2.45, 2.75) is 13.3 Å². The van der Waals surface area contributed by atoms with Gasteiger partial charge in [-0.25, -0.2) is 0 Å². The number of methoxy groups -OCH3 is 1. The number of nitrogens with two attached hydrogens (primary N) is 1. The van der Waals surface area contributed by atoms with Crippen LogP contribution >= 0.6 is 0 Å². The van der Waals surface area contributed by atoms with Gasteiger partial charge in [0, 0.05) is 31.6 Å². The van der Waals surface area contributed by atoms with E-state index in [4.69, 9.17) is 10.5 Å². The van der Waals surface area contributed by atoms with Crippen LogP contribution in [-0.2, 0) is 16.0 Å². The standard InChI is InChI=1S/C14H21N3O2/c1-10-7-11-3-5-17(13(11)8-12(10)15)9-14(18)16-4-6-19-2/h7-8H,3-6,9,15H2,1-2H3,(H,16,18). The number of nitrogen functional groups attached to an aromatic ring is 1. The maximum Gasteiger partial charge on any atom is 0.239 e. The maximum atomic E-state index is 11.8. The number of carbonyl (C=O) groups excluding carboxylic acids is 1. The number of fused-ring (bicyclic) bond motifs is 1. The molecule has 0 spiro atoms. The highest BCUT2D eigenvalue weighted by Crippen LogP contribution is 2.31. The zero-order valence-electron chi connectivity index (χ0n) is 11.5. The van der Waals surface area contributed by atoms with Gasteiger partial charge in [0.05, 0.1) is 13.2 Å². The van der Waals surface area contributed by atoms with E-state index in [2.05, 4.69) is 16.3 Å². The van der Waals surface area contributed by atoms with Gasteiger partial charge in [-0.3, -0.25) is 4.79 Å². The van der Waals surface area contributed by atoms with Gasteiger partial charge in [-0.1, -0.05) is 6.07 Å². The van der Waals surface area contributed by atoms with Gasteiger partial charge in [-0.05, 0) is 30.5 Å². The average Bonchev–Trinajstić information content (AvgIpc) is 2.73. The summed E-state index contributed by atoms with van der Waals surface area (Å²) in [7, 11) is 1.62. The lowest BCUT2D eigenvalue weighted by Crippen LogP contribution is -2.37. The van der Waals surface area contributed by atoms with Gasteiger partial charge < -0.3 is 20.7 Å². The van der Waals surface area contributed by atoms with Crippen molar-refractivity contribution in [1.82, 2.24) is 5.32 Å². The number of benzene rings is 1. The quantitative estimate of drug-likeness (QED) is 0.606. The molecule has 5 nitrogen and oxygen atoms in total. The van der Waals surface area contributed by atoms with E-state index in [1.807, 2.05) is 13.0 Å². The van der Waals surface area contributed by atoms with E-state index in [-0.39, 0.29) is 5.91 Å². The van der Waals surface area contributed by atoms with Crippen LogP contribution in [0.4, 0.5) is 11.4 Å². The molecule has 1 heterocycles. The Labute approximate surface area is 113 Å². The molecular formula is C14H21N3O2. The normalized spacial score (nSPS) is 13.5. The number of amides is 1. The second-order valence-electron chi connectivity index (χ2n) is 4.85. The van der Waals surface area contributed by atoms with Crippen LogP contribution in [0.3, 0.4) is 0 Å². The Bertz CT molecular complexity index is 474. The number of nitrogens with one attached hydrogen (secondary N) is 1. The van der Waals surface area contributed by atoms with Crippen molar-refractivity contribution in [2.24, 2.45) is 0 Å². The van der Waals surface area contributed by atoms with Crippen LogP contribution in [0.2, 0.25) is 0 Å². The van der Waals surface area contributed by atoms with Crippen molar-refractivity contribution in [3.05, 3.63) is 23.3 Å². The van der Waals surface area contributed by atoms with Crippen LogP contribution in [0.1, 0.15) is 11.1 Å². The largest absolute Gasteiger partial charge is 0.398 e. The third-order valence-electron chi connectivity index (χ3n) is 3.42. The van der Waals surface area contributed by atoms with Crippen LogP contribution in [0.25, 0.3) is 0 Å². The van der Waals surface area contributed by atoms with Crippen molar-refractivity contribution < 1.29 is 9.53 Å². The van der Waals surface area contributed by atoms with Crippen LogP contribution < -0.4 is 16.0 Å². The molecular weight excluding hydrogens is 242 g/mol. The fraction of sp³-hybridized carbons (Fsp3) is 0.500. The van der Waals surface area contributed by atoms with Crippen molar-refractivity contribution in [3.8, 4) is 0 Å². The van der Waals surface area contributed by atoms with Crippen molar-refractivity contribution in [1.29, 1.82) is 0 Å². The first kappa shape index (κ1) is 13.7. The number of hydrogen-bond donors (Lipinski definition) is 2. The summed E-state index contributed by atoms with van der Waals surface area (Å²) in [6.07, 6.45) is 0.974. The summed E-state index contributed by atoms with van der Waals surface area (Å²) in [5.41, 5.74) is 10.2. The third-order valence-corrected chi connectivity index (χ3v) is 3.42. The van der Waals surface area contributed by atoms with Crippen molar-refractivity contribution in [3.63, 3.8) is 0 Å². The summed E-state index contributed by atoms with van der Waals surface area (Å²) in [6, 6.07) is 4.09. The third kappa shape index (κ3) is 3.17. The molecule has 1 aromatic carbocycles. The Morgan fingerprint density at radius 2 is 2.32 bits per heavy atom. The van der Waals surface area contributed by atoms with Crippen LogP contribution in [0.5, 0.6) is 0 Å². The minimum absolute atomic E-state index is 0.0176. The molecule has 0 aliphatic carbocycles. The molecule has 1 amide bonds. The summed E-state index contributed by atoms with van der Waals surface area (Å²) in [6.45, 7) is 4.34. The molecule has 1 aliphatic heterocycles. The summed E-state index contributed by atoms with van der Waals surface area (Å²) in [4.78, 5) is 13.9. The lowest BCUT2D eigenvalue weighted by Gasteiger charge is -2.19. The second-order valence-corrected chi connectivity index (χ2v) is 4.85. The molecule has 0 atom stereocenters. The topological polar surface area (TPSA) is 67.6 Å². The Kier molecular flexibility index (Phi) is 4.27. The molecule has 104 valence electrons. The Morgan fingerprint density at radius 3 is 3.05 bits per heavy atom. The van der Waals surface area contributed by atoms with Crippen LogP contribution in [-0.4, -0.2) is 39.3 Å². The molecule has 0 radical (unpaired) electrons. The van der Waals surface area contributed by atoms with Crippen LogP contribution in [0.15, 0.2) is 12.1 Å².